The van der Waals surface area contributed by atoms with Crippen molar-refractivity contribution in [3.05, 3.63) is 83.1 Å². The number of anilines is 1. The lowest BCUT2D eigenvalue weighted by atomic mass is 10.1. The van der Waals surface area contributed by atoms with Crippen molar-refractivity contribution >= 4 is 22.9 Å². The summed E-state index contributed by atoms with van der Waals surface area (Å²) in [6, 6.07) is 18.5. The zero-order valence-corrected chi connectivity index (χ0v) is 15.9. The van der Waals surface area contributed by atoms with Crippen molar-refractivity contribution in [3.63, 3.8) is 0 Å². The molecule has 0 radical (unpaired) electrons. The Morgan fingerprint density at radius 2 is 2.04 bits per heavy atom. The molecule has 0 atom stereocenters. The first kappa shape index (κ1) is 17.9. The summed E-state index contributed by atoms with van der Waals surface area (Å²) in [5, 5.41) is 8.95. The summed E-state index contributed by atoms with van der Waals surface area (Å²) in [5.41, 5.74) is 2.11. The van der Waals surface area contributed by atoms with E-state index < -0.39 is 0 Å². The summed E-state index contributed by atoms with van der Waals surface area (Å²) >= 11 is 1.56. The predicted molar refractivity (Wildman–Crippen MR) is 108 cm³/mol. The molecule has 7 heteroatoms. The van der Waals surface area contributed by atoms with Crippen LogP contribution in [0.4, 0.5) is 5.69 Å². The van der Waals surface area contributed by atoms with E-state index in [-0.39, 0.29) is 5.91 Å². The summed E-state index contributed by atoms with van der Waals surface area (Å²) < 4.78 is 10.6. The molecular weight excluding hydrogens is 374 g/mol. The Kier molecular flexibility index (Phi) is 5.16. The monoisotopic (exact) mass is 391 g/mol. The largest absolute Gasteiger partial charge is 0.497 e. The van der Waals surface area contributed by atoms with Gasteiger partial charge in [0.1, 0.15) is 5.75 Å². The highest BCUT2D eigenvalue weighted by atomic mass is 32.1. The topological polar surface area (TPSA) is 77.2 Å². The first-order chi connectivity index (χ1) is 13.7. The maximum Gasteiger partial charge on any atom is 0.255 e. The Morgan fingerprint density at radius 1 is 1.14 bits per heavy atom. The summed E-state index contributed by atoms with van der Waals surface area (Å²) in [6.07, 6.45) is 0.424. The number of carbonyl (C=O) groups is 1. The first-order valence-electron chi connectivity index (χ1n) is 8.63. The van der Waals surface area contributed by atoms with Crippen molar-refractivity contribution < 1.29 is 14.1 Å². The fourth-order valence-corrected chi connectivity index (χ4v) is 3.40. The van der Waals surface area contributed by atoms with E-state index in [0.717, 1.165) is 10.4 Å². The van der Waals surface area contributed by atoms with Crippen LogP contribution in [0.1, 0.15) is 21.8 Å². The number of para-hydroxylation sites is 1. The SMILES string of the molecule is COc1cccc(C(=O)Nc2ccccc2Cc2nc(-c3cccs3)no2)c1. The molecule has 0 saturated heterocycles. The van der Waals surface area contributed by atoms with Crippen molar-refractivity contribution in [2.45, 2.75) is 6.42 Å². The van der Waals surface area contributed by atoms with Gasteiger partial charge in [0.05, 0.1) is 18.4 Å². The van der Waals surface area contributed by atoms with E-state index >= 15 is 0 Å². The molecule has 140 valence electrons. The second kappa shape index (κ2) is 8.06. The lowest BCUT2D eigenvalue weighted by molar-refractivity contribution is 0.102. The van der Waals surface area contributed by atoms with Crippen molar-refractivity contribution in [2.75, 3.05) is 12.4 Å². The van der Waals surface area contributed by atoms with Crippen LogP contribution in [0.5, 0.6) is 5.75 Å². The van der Waals surface area contributed by atoms with Crippen LogP contribution in [0.3, 0.4) is 0 Å². The minimum absolute atomic E-state index is 0.212. The number of nitrogens with zero attached hydrogens (tertiary/aromatic N) is 2. The molecule has 0 fully saturated rings. The third-order valence-corrected chi connectivity index (χ3v) is 5.01. The van der Waals surface area contributed by atoms with E-state index in [1.807, 2.05) is 41.8 Å². The molecule has 28 heavy (non-hydrogen) atoms. The molecule has 2 aromatic heterocycles. The third kappa shape index (κ3) is 3.94. The van der Waals surface area contributed by atoms with Gasteiger partial charge in [-0.05, 0) is 41.3 Å². The van der Waals surface area contributed by atoms with Crippen LogP contribution in [-0.2, 0) is 6.42 Å². The second-order valence-electron chi connectivity index (χ2n) is 6.01. The molecule has 2 aromatic carbocycles. The molecule has 4 aromatic rings. The second-order valence-corrected chi connectivity index (χ2v) is 6.96. The Morgan fingerprint density at radius 3 is 2.86 bits per heavy atom. The van der Waals surface area contributed by atoms with Crippen molar-refractivity contribution in [2.24, 2.45) is 0 Å². The van der Waals surface area contributed by atoms with E-state index in [1.165, 1.54) is 0 Å². The normalized spacial score (nSPS) is 10.6. The highest BCUT2D eigenvalue weighted by Crippen LogP contribution is 2.24. The molecule has 2 heterocycles. The summed E-state index contributed by atoms with van der Waals surface area (Å²) in [7, 11) is 1.57. The lowest BCUT2D eigenvalue weighted by Gasteiger charge is -2.10. The van der Waals surface area contributed by atoms with Crippen molar-refractivity contribution in [1.29, 1.82) is 0 Å². The number of thiophene rings is 1. The van der Waals surface area contributed by atoms with Gasteiger partial charge in [0.25, 0.3) is 5.91 Å². The maximum absolute atomic E-state index is 12.6. The summed E-state index contributed by atoms with van der Waals surface area (Å²) in [5.74, 6) is 1.48. The molecule has 1 amide bonds. The molecule has 0 aliphatic carbocycles. The molecule has 0 spiro atoms. The quantitative estimate of drug-likeness (QED) is 0.518. The fraction of sp³-hybridized carbons (Fsp3) is 0.0952. The average Bonchev–Trinajstić information content (AvgIpc) is 3.41. The van der Waals surface area contributed by atoms with Gasteiger partial charge >= 0.3 is 0 Å². The number of nitrogens with one attached hydrogen (secondary N) is 1. The van der Waals surface area contributed by atoms with Gasteiger partial charge in [0.15, 0.2) is 0 Å². The number of hydrogen-bond acceptors (Lipinski definition) is 6. The number of amides is 1. The van der Waals surface area contributed by atoms with E-state index in [2.05, 4.69) is 15.5 Å². The molecule has 1 N–H and O–H groups in total. The Hall–Kier alpha value is -3.45. The summed E-state index contributed by atoms with van der Waals surface area (Å²) in [6.45, 7) is 0. The van der Waals surface area contributed by atoms with Crippen LogP contribution in [0.2, 0.25) is 0 Å². The van der Waals surface area contributed by atoms with Crippen LogP contribution < -0.4 is 10.1 Å². The highest BCUT2D eigenvalue weighted by molar-refractivity contribution is 7.13. The smallest absolute Gasteiger partial charge is 0.255 e. The first-order valence-corrected chi connectivity index (χ1v) is 9.50. The number of carbonyl (C=O) groups excluding carboxylic acids is 1. The van der Waals surface area contributed by atoms with Crippen LogP contribution in [0.15, 0.2) is 70.6 Å². The minimum atomic E-state index is -0.212. The number of methoxy groups -OCH3 is 1. The fourth-order valence-electron chi connectivity index (χ4n) is 2.75. The zero-order valence-electron chi connectivity index (χ0n) is 15.1. The van der Waals surface area contributed by atoms with Crippen LogP contribution in [0, 0.1) is 0 Å². The number of ether oxygens (including phenoxy) is 1. The molecule has 0 aliphatic heterocycles. The minimum Gasteiger partial charge on any atom is -0.497 e. The van der Waals surface area contributed by atoms with E-state index in [1.54, 1.807) is 42.7 Å². The van der Waals surface area contributed by atoms with Crippen molar-refractivity contribution in [1.82, 2.24) is 10.1 Å². The maximum atomic E-state index is 12.6. The zero-order chi connectivity index (χ0) is 19.3. The van der Waals surface area contributed by atoms with Gasteiger partial charge in [-0.2, -0.15) is 4.98 Å². The van der Waals surface area contributed by atoms with Gasteiger partial charge in [-0.15, -0.1) is 11.3 Å². The van der Waals surface area contributed by atoms with Gasteiger partial charge in [0.2, 0.25) is 11.7 Å². The lowest BCUT2D eigenvalue weighted by Crippen LogP contribution is -2.13. The van der Waals surface area contributed by atoms with Gasteiger partial charge in [-0.3, -0.25) is 4.79 Å². The van der Waals surface area contributed by atoms with Gasteiger partial charge < -0.3 is 14.6 Å². The Bertz CT molecular complexity index is 1090. The summed E-state index contributed by atoms with van der Waals surface area (Å²) in [4.78, 5) is 18.0. The predicted octanol–water partition coefficient (Wildman–Crippen LogP) is 4.65. The van der Waals surface area contributed by atoms with E-state index in [9.17, 15) is 4.79 Å². The number of rotatable bonds is 6. The molecule has 0 aliphatic rings. The van der Waals surface area contributed by atoms with E-state index in [0.29, 0.717) is 35.1 Å². The number of benzene rings is 2. The number of aromatic nitrogens is 2. The third-order valence-electron chi connectivity index (χ3n) is 4.15. The van der Waals surface area contributed by atoms with Crippen LogP contribution in [0.25, 0.3) is 10.7 Å². The van der Waals surface area contributed by atoms with Crippen LogP contribution in [-0.4, -0.2) is 23.2 Å². The molecule has 4 rings (SSSR count). The Labute approximate surface area is 165 Å². The highest BCUT2D eigenvalue weighted by Gasteiger charge is 2.14. The van der Waals surface area contributed by atoms with Gasteiger partial charge in [0, 0.05) is 11.3 Å². The van der Waals surface area contributed by atoms with Gasteiger partial charge in [-0.25, -0.2) is 0 Å². The Balaban J connectivity index is 1.53. The standard InChI is InChI=1S/C21H17N3O3S/c1-26-16-8-4-7-15(12-16)21(25)22-17-9-3-2-6-14(17)13-19-23-20(24-27-19)18-10-5-11-28-18/h2-12H,13H2,1H3,(H,22,25). The van der Waals surface area contributed by atoms with Crippen molar-refractivity contribution in [3.8, 4) is 16.5 Å². The number of hydrogen-bond donors (Lipinski definition) is 1. The molecule has 0 saturated carbocycles. The molecule has 0 unspecified atom stereocenters. The molecule has 6 nitrogen and oxygen atoms in total. The average molecular weight is 391 g/mol. The van der Waals surface area contributed by atoms with E-state index in [4.69, 9.17) is 9.26 Å². The van der Waals surface area contributed by atoms with Crippen LogP contribution >= 0.6 is 11.3 Å². The molecule has 0 bridgehead atoms. The van der Waals surface area contributed by atoms with Gasteiger partial charge in [-0.1, -0.05) is 35.5 Å². The molecular formula is C21H17N3O3S.